The number of alkyl halides is 2. The molecule has 0 radical (unpaired) electrons. The van der Waals surface area contributed by atoms with Crippen molar-refractivity contribution in [2.24, 2.45) is 0 Å². The number of rotatable bonds is 0. The molecule has 1 aromatic rings. The lowest BCUT2D eigenvalue weighted by atomic mass is 9.95. The van der Waals surface area contributed by atoms with E-state index < -0.39 is 4.33 Å². The number of halogens is 10. The summed E-state index contributed by atoms with van der Waals surface area (Å²) in [6.07, 6.45) is 0. The van der Waals surface area contributed by atoms with Gasteiger partial charge < -0.3 is 0 Å². The van der Waals surface area contributed by atoms with Crippen LogP contribution in [0.1, 0.15) is 11.1 Å². The van der Waals surface area contributed by atoms with Crippen LogP contribution in [0.3, 0.4) is 0 Å². The molecule has 0 amide bonds. The first-order chi connectivity index (χ1) is 10.5. The number of hydrogen-bond donors (Lipinski definition) is 0. The first-order valence-electron chi connectivity index (χ1n) is 5.64. The predicted octanol–water partition coefficient (Wildman–Crippen LogP) is 9.09. The first-order valence-corrected chi connectivity index (χ1v) is 9.42. The lowest BCUT2D eigenvalue weighted by Crippen LogP contribution is -2.22. The molecule has 0 aromatic heterocycles. The minimum atomic E-state index is -1.73. The van der Waals surface area contributed by atoms with E-state index >= 15 is 0 Å². The second-order valence-corrected chi connectivity index (χ2v) is 8.94. The quantitative estimate of drug-likeness (QED) is 0.185. The predicted molar refractivity (Wildman–Crippen MR) is 105 cm³/mol. The van der Waals surface area contributed by atoms with Crippen LogP contribution in [0.25, 0.3) is 10.6 Å². The molecule has 2 aliphatic carbocycles. The third kappa shape index (κ3) is 2.49. The summed E-state index contributed by atoms with van der Waals surface area (Å²) >= 11 is 62.5. The molecular weight excluding hydrogens is 511 g/mol. The van der Waals surface area contributed by atoms with Crippen molar-refractivity contribution in [2.45, 2.75) is 4.33 Å². The van der Waals surface area contributed by atoms with Gasteiger partial charge in [0.15, 0.2) is 4.33 Å². The van der Waals surface area contributed by atoms with Crippen LogP contribution in [0.15, 0.2) is 20.7 Å². The maximum absolute atomic E-state index is 6.43. The van der Waals surface area contributed by atoms with Crippen molar-refractivity contribution < 1.29 is 0 Å². The summed E-state index contributed by atoms with van der Waals surface area (Å²) in [5, 5.41) is 0.384. The summed E-state index contributed by atoms with van der Waals surface area (Å²) in [6, 6.07) is 0. The average Bonchev–Trinajstić information content (AvgIpc) is 2.81. The highest BCUT2D eigenvalue weighted by atomic mass is 35.5. The number of benzene rings is 1. The molecule has 0 spiro atoms. The van der Waals surface area contributed by atoms with Crippen molar-refractivity contribution in [1.82, 2.24) is 0 Å². The second kappa shape index (κ2) is 6.20. The van der Waals surface area contributed by atoms with E-state index in [2.05, 4.69) is 0 Å². The molecule has 1 aromatic carbocycles. The van der Waals surface area contributed by atoms with Gasteiger partial charge in [0.1, 0.15) is 0 Å². The Morgan fingerprint density at radius 2 is 1.00 bits per heavy atom. The van der Waals surface area contributed by atoms with Gasteiger partial charge in [-0.3, -0.25) is 0 Å². The van der Waals surface area contributed by atoms with Gasteiger partial charge in [0.25, 0.3) is 0 Å². The largest absolute Gasteiger partial charge is 0.182 e. The minimum Gasteiger partial charge on any atom is -0.0898 e. The Hall–Kier alpha value is 1.34. The van der Waals surface area contributed by atoms with E-state index in [-0.39, 0.29) is 45.8 Å². The van der Waals surface area contributed by atoms with Crippen molar-refractivity contribution in [2.75, 3.05) is 0 Å². The molecule has 0 heterocycles. The molecule has 0 bridgehead atoms. The number of hydrogen-bond acceptors (Lipinski definition) is 0. The molecule has 0 saturated heterocycles. The van der Waals surface area contributed by atoms with Crippen LogP contribution in [0.4, 0.5) is 0 Å². The molecule has 0 nitrogen and oxygen atoms in total. The molecule has 0 atom stereocenters. The number of allylic oxidation sites excluding steroid dienone is 5. The minimum absolute atomic E-state index is 0.0207. The lowest BCUT2D eigenvalue weighted by molar-refractivity contribution is 1.16. The molecular formula is C13Cl10. The normalized spacial score (nSPS) is 19.6. The third-order valence-electron chi connectivity index (χ3n) is 3.40. The summed E-state index contributed by atoms with van der Waals surface area (Å²) in [5.41, 5.74) is 1.21. The molecule has 3 rings (SSSR count). The van der Waals surface area contributed by atoms with Crippen molar-refractivity contribution in [3.05, 3.63) is 51.9 Å². The highest BCUT2D eigenvalue weighted by Gasteiger charge is 2.49. The average molecular weight is 511 g/mol. The van der Waals surface area contributed by atoms with Gasteiger partial charge in [0.05, 0.1) is 40.2 Å². The SMILES string of the molecule is ClC1=C2C(=C(Cl)c3c(Cl)c(Cl)c(Cl)c(Cl)c32)C(Cl)(Cl)C(Cl)=C1Cl. The van der Waals surface area contributed by atoms with Crippen molar-refractivity contribution >= 4 is 127 Å². The second-order valence-electron chi connectivity index (χ2n) is 4.59. The van der Waals surface area contributed by atoms with Gasteiger partial charge in [-0.1, -0.05) is 116 Å². The molecule has 2 aliphatic rings. The van der Waals surface area contributed by atoms with Crippen molar-refractivity contribution in [3.8, 4) is 0 Å². The highest BCUT2D eigenvalue weighted by molar-refractivity contribution is 6.67. The van der Waals surface area contributed by atoms with E-state index in [4.69, 9.17) is 116 Å². The Morgan fingerprint density at radius 1 is 0.522 bits per heavy atom. The van der Waals surface area contributed by atoms with Crippen LogP contribution < -0.4 is 0 Å². The van der Waals surface area contributed by atoms with Gasteiger partial charge in [-0.15, -0.1) is 0 Å². The fourth-order valence-electron chi connectivity index (χ4n) is 2.40. The molecule has 0 aliphatic heterocycles. The van der Waals surface area contributed by atoms with E-state index in [9.17, 15) is 0 Å². The van der Waals surface area contributed by atoms with Gasteiger partial charge in [-0.25, -0.2) is 0 Å². The summed E-state index contributed by atoms with van der Waals surface area (Å²) in [4.78, 5) is 0. The van der Waals surface area contributed by atoms with Crippen LogP contribution >= 0.6 is 116 Å². The van der Waals surface area contributed by atoms with Crippen LogP contribution in [0.2, 0.25) is 20.1 Å². The van der Waals surface area contributed by atoms with Crippen LogP contribution in [-0.2, 0) is 0 Å². The fourth-order valence-corrected chi connectivity index (χ4v) is 5.43. The summed E-state index contributed by atoms with van der Waals surface area (Å²) < 4.78 is -1.73. The van der Waals surface area contributed by atoms with E-state index in [0.29, 0.717) is 16.7 Å². The summed E-state index contributed by atoms with van der Waals surface area (Å²) in [6.45, 7) is 0. The Bertz CT molecular complexity index is 871. The van der Waals surface area contributed by atoms with Crippen LogP contribution in [-0.4, -0.2) is 4.33 Å². The monoisotopic (exact) mass is 506 g/mol. The molecule has 122 valence electrons. The Morgan fingerprint density at radius 3 is 1.52 bits per heavy atom. The third-order valence-corrected chi connectivity index (χ3v) is 7.95. The van der Waals surface area contributed by atoms with Crippen molar-refractivity contribution in [1.29, 1.82) is 0 Å². The standard InChI is InChI=1S/C13Cl10/c14-5-3-1(6(15)9(18)10(19)8(3)17)2-4(5)13(22,23)12(21)11(20)7(2)16. The first kappa shape index (κ1) is 19.1. The van der Waals surface area contributed by atoms with E-state index in [1.165, 1.54) is 0 Å². The highest BCUT2D eigenvalue weighted by Crippen LogP contribution is 2.64. The zero-order valence-corrected chi connectivity index (χ0v) is 17.8. The molecule has 10 heteroatoms. The van der Waals surface area contributed by atoms with Crippen LogP contribution in [0.5, 0.6) is 0 Å². The van der Waals surface area contributed by atoms with Gasteiger partial charge in [0, 0.05) is 22.3 Å². The van der Waals surface area contributed by atoms with E-state index in [1.54, 1.807) is 0 Å². The van der Waals surface area contributed by atoms with Gasteiger partial charge in [-0.05, 0) is 0 Å². The topological polar surface area (TPSA) is 0 Å². The molecule has 0 N–H and O–H groups in total. The van der Waals surface area contributed by atoms with Gasteiger partial charge in [-0.2, -0.15) is 0 Å². The molecule has 0 fully saturated rings. The maximum Gasteiger partial charge on any atom is 0.182 e. The smallest absolute Gasteiger partial charge is 0.0898 e. The van der Waals surface area contributed by atoms with E-state index in [1.807, 2.05) is 0 Å². The summed E-state index contributed by atoms with van der Waals surface area (Å²) in [5.74, 6) is 0. The molecule has 23 heavy (non-hydrogen) atoms. The zero-order valence-electron chi connectivity index (χ0n) is 10.3. The molecule has 0 unspecified atom stereocenters. The lowest BCUT2D eigenvalue weighted by Gasteiger charge is -2.29. The summed E-state index contributed by atoms with van der Waals surface area (Å²) in [7, 11) is 0. The van der Waals surface area contributed by atoms with Crippen LogP contribution in [0, 0.1) is 0 Å². The van der Waals surface area contributed by atoms with Crippen molar-refractivity contribution in [3.63, 3.8) is 0 Å². The zero-order chi connectivity index (χ0) is 17.4. The van der Waals surface area contributed by atoms with Gasteiger partial charge >= 0.3 is 0 Å². The maximum atomic E-state index is 6.43. The van der Waals surface area contributed by atoms with E-state index in [0.717, 1.165) is 0 Å². The Kier molecular flexibility index (Phi) is 5.15. The number of fused-ring (bicyclic) bond motifs is 3. The molecule has 0 saturated carbocycles. The fraction of sp³-hybridized carbons (Fsp3) is 0.0769. The Labute approximate surface area is 181 Å². The van der Waals surface area contributed by atoms with Gasteiger partial charge in [0.2, 0.25) is 0 Å². The Balaban J connectivity index is 2.55.